The van der Waals surface area contributed by atoms with Gasteiger partial charge in [0.1, 0.15) is 0 Å². The highest BCUT2D eigenvalue weighted by Gasteiger charge is 2.29. The van der Waals surface area contributed by atoms with Gasteiger partial charge in [0.2, 0.25) is 5.91 Å². The van der Waals surface area contributed by atoms with Crippen molar-refractivity contribution in [1.82, 2.24) is 5.32 Å². The lowest BCUT2D eigenvalue weighted by Crippen LogP contribution is -2.18. The van der Waals surface area contributed by atoms with Gasteiger partial charge in [-0.25, -0.2) is 4.79 Å². The molecule has 34 heavy (non-hydrogen) atoms. The molecule has 0 atom stereocenters. The minimum absolute atomic E-state index is 0.0877. The van der Waals surface area contributed by atoms with Gasteiger partial charge in [0.25, 0.3) is 5.91 Å². The van der Waals surface area contributed by atoms with E-state index in [9.17, 15) is 14.4 Å². The minimum Gasteiger partial charge on any atom is -0.462 e. The molecule has 1 aliphatic heterocycles. The van der Waals surface area contributed by atoms with Gasteiger partial charge < -0.3 is 20.7 Å². The van der Waals surface area contributed by atoms with E-state index >= 15 is 0 Å². The van der Waals surface area contributed by atoms with Gasteiger partial charge in [-0.3, -0.25) is 9.59 Å². The van der Waals surface area contributed by atoms with Gasteiger partial charge >= 0.3 is 5.97 Å². The summed E-state index contributed by atoms with van der Waals surface area (Å²) in [5.41, 5.74) is 5.38. The van der Waals surface area contributed by atoms with Crippen LogP contribution in [0.1, 0.15) is 40.9 Å². The van der Waals surface area contributed by atoms with E-state index in [1.165, 1.54) is 6.92 Å². The van der Waals surface area contributed by atoms with Crippen molar-refractivity contribution >= 4 is 40.4 Å². The van der Waals surface area contributed by atoms with Crippen molar-refractivity contribution in [3.8, 4) is 0 Å². The molecule has 1 heterocycles. The fourth-order valence-corrected chi connectivity index (χ4v) is 3.72. The molecule has 172 valence electrons. The molecule has 0 saturated carbocycles. The first-order valence-electron chi connectivity index (χ1n) is 11.0. The monoisotopic (exact) mass is 455 g/mol. The summed E-state index contributed by atoms with van der Waals surface area (Å²) in [6, 6.07) is 22.3. The smallest absolute Gasteiger partial charge is 0.338 e. The van der Waals surface area contributed by atoms with Crippen molar-refractivity contribution in [1.29, 1.82) is 0 Å². The second-order valence-electron chi connectivity index (χ2n) is 7.78. The number of carbonyl (C=O) groups excluding carboxylic acids is 3. The van der Waals surface area contributed by atoms with Gasteiger partial charge in [-0.1, -0.05) is 48.5 Å². The zero-order valence-corrected chi connectivity index (χ0v) is 19.0. The van der Waals surface area contributed by atoms with Crippen LogP contribution in [0.4, 0.5) is 11.4 Å². The van der Waals surface area contributed by atoms with Crippen LogP contribution in [0.15, 0.2) is 72.8 Å². The molecule has 0 aliphatic carbocycles. The van der Waals surface area contributed by atoms with Gasteiger partial charge in [0.05, 0.1) is 29.1 Å². The molecule has 0 aromatic heterocycles. The van der Waals surface area contributed by atoms with E-state index in [0.29, 0.717) is 34.6 Å². The summed E-state index contributed by atoms with van der Waals surface area (Å²) in [6.45, 7) is 3.95. The molecule has 0 fully saturated rings. The molecule has 2 amide bonds. The highest BCUT2D eigenvalue weighted by molar-refractivity contribution is 6.37. The molecule has 0 radical (unpaired) electrons. The number of fused-ring (bicyclic) bond motifs is 1. The Morgan fingerprint density at radius 1 is 0.941 bits per heavy atom. The fourth-order valence-electron chi connectivity index (χ4n) is 3.72. The molecule has 4 rings (SSSR count). The van der Waals surface area contributed by atoms with Crippen LogP contribution in [0.25, 0.3) is 11.3 Å². The van der Waals surface area contributed by atoms with E-state index in [1.807, 2.05) is 54.6 Å². The van der Waals surface area contributed by atoms with Gasteiger partial charge in [-0.05, 0) is 42.3 Å². The Morgan fingerprint density at radius 3 is 2.35 bits per heavy atom. The van der Waals surface area contributed by atoms with Crippen molar-refractivity contribution in [3.05, 3.63) is 95.1 Å². The van der Waals surface area contributed by atoms with Crippen molar-refractivity contribution < 1.29 is 19.1 Å². The van der Waals surface area contributed by atoms with E-state index in [1.54, 1.807) is 25.1 Å². The van der Waals surface area contributed by atoms with Crippen LogP contribution in [-0.4, -0.2) is 24.4 Å². The maximum Gasteiger partial charge on any atom is 0.338 e. The first-order chi connectivity index (χ1) is 16.5. The third kappa shape index (κ3) is 4.99. The predicted molar refractivity (Wildman–Crippen MR) is 132 cm³/mol. The summed E-state index contributed by atoms with van der Waals surface area (Å²) >= 11 is 0. The number of ether oxygens (including phenoxy) is 1. The SMILES string of the molecule is CCOC(=O)c1ccc2c(c1)NC(=O)C2=C(Nc1ccc(CNC(C)=O)cc1)c1ccccc1. The third-order valence-electron chi connectivity index (χ3n) is 5.35. The number of rotatable bonds is 7. The molecule has 3 aromatic rings. The summed E-state index contributed by atoms with van der Waals surface area (Å²) in [7, 11) is 0. The Kier molecular flexibility index (Phi) is 6.73. The normalized spacial score (nSPS) is 13.5. The quantitative estimate of drug-likeness (QED) is 0.362. The first kappa shape index (κ1) is 22.8. The maximum absolute atomic E-state index is 13.1. The lowest BCUT2D eigenvalue weighted by molar-refractivity contribution is -0.119. The number of benzene rings is 3. The molecule has 1 aliphatic rings. The van der Waals surface area contributed by atoms with E-state index in [-0.39, 0.29) is 18.4 Å². The van der Waals surface area contributed by atoms with Crippen LogP contribution >= 0.6 is 0 Å². The zero-order valence-electron chi connectivity index (χ0n) is 19.0. The van der Waals surface area contributed by atoms with Crippen molar-refractivity contribution in [2.75, 3.05) is 17.2 Å². The third-order valence-corrected chi connectivity index (χ3v) is 5.35. The standard InChI is InChI=1S/C27H25N3O4/c1-3-34-27(33)20-11-14-22-23(15-20)30-26(32)24(22)25(19-7-5-4-6-8-19)29-21-12-9-18(10-13-21)16-28-17(2)31/h4-15,29H,3,16H2,1-2H3,(H,28,31)(H,30,32). The number of hydrogen-bond acceptors (Lipinski definition) is 5. The van der Waals surface area contributed by atoms with Gasteiger partial charge in [-0.2, -0.15) is 0 Å². The number of carbonyl (C=O) groups is 3. The largest absolute Gasteiger partial charge is 0.462 e. The predicted octanol–water partition coefficient (Wildman–Crippen LogP) is 4.43. The average molecular weight is 456 g/mol. The van der Waals surface area contributed by atoms with E-state index in [2.05, 4.69) is 16.0 Å². The minimum atomic E-state index is -0.433. The number of esters is 1. The Bertz CT molecular complexity index is 1260. The molecule has 3 N–H and O–H groups in total. The first-order valence-corrected chi connectivity index (χ1v) is 11.0. The van der Waals surface area contributed by atoms with Crippen LogP contribution in [0.3, 0.4) is 0 Å². The summed E-state index contributed by atoms with van der Waals surface area (Å²) < 4.78 is 5.08. The average Bonchev–Trinajstić information content (AvgIpc) is 3.17. The molecule has 0 unspecified atom stereocenters. The van der Waals surface area contributed by atoms with E-state index < -0.39 is 5.97 Å². The zero-order chi connectivity index (χ0) is 24.1. The van der Waals surface area contributed by atoms with E-state index in [4.69, 9.17) is 4.74 Å². The molecule has 0 bridgehead atoms. The summed E-state index contributed by atoms with van der Waals surface area (Å²) in [6.07, 6.45) is 0. The Labute approximate surface area is 197 Å². The number of nitrogens with one attached hydrogen (secondary N) is 3. The van der Waals surface area contributed by atoms with Crippen molar-refractivity contribution in [2.45, 2.75) is 20.4 Å². The molecular weight excluding hydrogens is 430 g/mol. The Morgan fingerprint density at radius 2 is 1.68 bits per heavy atom. The molecule has 7 heteroatoms. The highest BCUT2D eigenvalue weighted by atomic mass is 16.5. The van der Waals surface area contributed by atoms with Crippen LogP contribution in [0, 0.1) is 0 Å². The Hall–Kier alpha value is -4.39. The summed E-state index contributed by atoms with van der Waals surface area (Å²) in [5, 5.41) is 9.05. The maximum atomic E-state index is 13.1. The Balaban J connectivity index is 1.72. The van der Waals surface area contributed by atoms with Crippen molar-refractivity contribution in [3.63, 3.8) is 0 Å². The topological polar surface area (TPSA) is 96.5 Å². The highest BCUT2D eigenvalue weighted by Crippen LogP contribution is 2.38. The van der Waals surface area contributed by atoms with Gasteiger partial charge in [-0.15, -0.1) is 0 Å². The number of anilines is 2. The number of amides is 2. The fraction of sp³-hybridized carbons (Fsp3) is 0.148. The van der Waals surface area contributed by atoms with Crippen LogP contribution in [0.5, 0.6) is 0 Å². The molecule has 0 saturated heterocycles. The van der Waals surface area contributed by atoms with Gasteiger partial charge in [0.15, 0.2) is 0 Å². The van der Waals surface area contributed by atoms with Gasteiger partial charge in [0, 0.05) is 24.7 Å². The molecule has 0 spiro atoms. The van der Waals surface area contributed by atoms with Crippen LogP contribution in [-0.2, 0) is 20.9 Å². The molecule has 7 nitrogen and oxygen atoms in total. The second kappa shape index (κ2) is 10.0. The molecular formula is C27H25N3O4. The lowest BCUT2D eigenvalue weighted by atomic mass is 9.99. The van der Waals surface area contributed by atoms with Crippen LogP contribution < -0.4 is 16.0 Å². The summed E-state index contributed by atoms with van der Waals surface area (Å²) in [5.74, 6) is -0.780. The second-order valence-corrected chi connectivity index (χ2v) is 7.78. The van der Waals surface area contributed by atoms with Crippen molar-refractivity contribution in [2.24, 2.45) is 0 Å². The molecule has 3 aromatic carbocycles. The lowest BCUT2D eigenvalue weighted by Gasteiger charge is -2.15. The number of hydrogen-bond donors (Lipinski definition) is 3. The van der Waals surface area contributed by atoms with Crippen LogP contribution in [0.2, 0.25) is 0 Å². The van der Waals surface area contributed by atoms with E-state index in [0.717, 1.165) is 16.8 Å². The summed E-state index contributed by atoms with van der Waals surface area (Å²) in [4.78, 5) is 36.4.